The van der Waals surface area contributed by atoms with Crippen molar-refractivity contribution in [3.8, 4) is 5.75 Å². The van der Waals surface area contributed by atoms with E-state index in [4.69, 9.17) is 4.74 Å². The molecule has 0 saturated carbocycles. The number of ether oxygens (including phenoxy) is 1. The van der Waals surface area contributed by atoms with Crippen LogP contribution in [-0.2, 0) is 14.8 Å². The van der Waals surface area contributed by atoms with E-state index < -0.39 is 22.5 Å². The maximum atomic E-state index is 12.1. The molecular formula is C19H23N3O4S. The Morgan fingerprint density at radius 3 is 2.37 bits per heavy atom. The third-order valence-corrected chi connectivity index (χ3v) is 4.99. The van der Waals surface area contributed by atoms with Gasteiger partial charge in [-0.25, -0.2) is 18.6 Å². The number of hydrogen-bond donors (Lipinski definition) is 2. The fraction of sp³-hybridized carbons (Fsp3) is 0.263. The van der Waals surface area contributed by atoms with Crippen molar-refractivity contribution in [3.63, 3.8) is 0 Å². The Hall–Kier alpha value is -2.71. The smallest absolute Gasteiger partial charge is 0.255 e. The van der Waals surface area contributed by atoms with Crippen LogP contribution in [0.2, 0.25) is 0 Å². The van der Waals surface area contributed by atoms with Crippen LogP contribution in [0.15, 0.2) is 64.6 Å². The predicted molar refractivity (Wildman–Crippen MR) is 104 cm³/mol. The summed E-state index contributed by atoms with van der Waals surface area (Å²) in [6, 6.07) is 15.2. The third kappa shape index (κ3) is 6.50. The van der Waals surface area contributed by atoms with Gasteiger partial charge >= 0.3 is 0 Å². The van der Waals surface area contributed by atoms with E-state index in [9.17, 15) is 13.2 Å². The second-order valence-electron chi connectivity index (χ2n) is 5.74. The lowest BCUT2D eigenvalue weighted by atomic mass is 10.1. The molecule has 0 bridgehead atoms. The maximum absolute atomic E-state index is 12.1. The van der Waals surface area contributed by atoms with E-state index in [0.29, 0.717) is 12.3 Å². The lowest BCUT2D eigenvalue weighted by Gasteiger charge is -2.07. The van der Waals surface area contributed by atoms with Crippen molar-refractivity contribution in [1.82, 2.24) is 10.1 Å². The van der Waals surface area contributed by atoms with Crippen molar-refractivity contribution in [2.75, 3.05) is 13.2 Å². The van der Waals surface area contributed by atoms with Gasteiger partial charge in [-0.3, -0.25) is 4.79 Å². The highest BCUT2D eigenvalue weighted by atomic mass is 32.2. The highest BCUT2D eigenvalue weighted by Gasteiger charge is 2.14. The highest BCUT2D eigenvalue weighted by Crippen LogP contribution is 2.13. The summed E-state index contributed by atoms with van der Waals surface area (Å²) in [4.78, 5) is 12.0. The quantitative estimate of drug-likeness (QED) is 0.508. The minimum absolute atomic E-state index is 0.0999. The molecule has 7 nitrogen and oxygen atoms in total. The zero-order valence-electron chi connectivity index (χ0n) is 15.3. The van der Waals surface area contributed by atoms with Crippen molar-refractivity contribution in [3.05, 3.63) is 60.2 Å². The minimum atomic E-state index is -3.73. The van der Waals surface area contributed by atoms with Crippen molar-refractivity contribution in [1.29, 1.82) is 0 Å². The lowest BCUT2D eigenvalue weighted by Crippen LogP contribution is -2.35. The molecule has 0 fully saturated rings. The van der Waals surface area contributed by atoms with Crippen LogP contribution in [0.25, 0.3) is 0 Å². The molecule has 0 aliphatic carbocycles. The van der Waals surface area contributed by atoms with Crippen LogP contribution in [-0.4, -0.2) is 33.2 Å². The van der Waals surface area contributed by atoms with Crippen molar-refractivity contribution >= 4 is 21.6 Å². The van der Waals surface area contributed by atoms with Gasteiger partial charge in [-0.05, 0) is 55.3 Å². The van der Waals surface area contributed by atoms with Gasteiger partial charge in [-0.15, -0.1) is 0 Å². The number of hydrogen-bond acceptors (Lipinski definition) is 5. The Morgan fingerprint density at radius 2 is 1.74 bits per heavy atom. The Labute approximate surface area is 159 Å². The molecule has 0 radical (unpaired) electrons. The predicted octanol–water partition coefficient (Wildman–Crippen LogP) is 2.29. The van der Waals surface area contributed by atoms with E-state index >= 15 is 0 Å². The third-order valence-electron chi connectivity index (χ3n) is 3.57. The molecule has 0 spiro atoms. The van der Waals surface area contributed by atoms with Crippen LogP contribution in [0.3, 0.4) is 0 Å². The Balaban J connectivity index is 1.88. The first kappa shape index (κ1) is 20.6. The second-order valence-corrected chi connectivity index (χ2v) is 7.51. The average molecular weight is 389 g/mol. The number of nitrogens with zero attached hydrogens (tertiary/aromatic N) is 1. The monoisotopic (exact) mass is 389 g/mol. The standard InChI is InChI=1S/C19H23N3O4S/c1-3-13-26-17-11-9-16(10-12-17)15(2)21-22-19(23)14-20-27(24,25)18-7-5-4-6-8-18/h4-12,20H,3,13-14H2,1-2H3,(H,22,23)/b21-15-. The molecule has 0 unspecified atom stereocenters. The zero-order chi connectivity index (χ0) is 19.7. The van der Waals surface area contributed by atoms with Gasteiger partial charge in [-0.1, -0.05) is 25.1 Å². The van der Waals surface area contributed by atoms with E-state index in [-0.39, 0.29) is 4.90 Å². The van der Waals surface area contributed by atoms with Gasteiger partial charge in [0.15, 0.2) is 0 Å². The molecule has 0 saturated heterocycles. The summed E-state index contributed by atoms with van der Waals surface area (Å²) in [7, 11) is -3.73. The van der Waals surface area contributed by atoms with E-state index in [1.54, 1.807) is 25.1 Å². The Kier molecular flexibility index (Phi) is 7.51. The van der Waals surface area contributed by atoms with Gasteiger partial charge in [0.1, 0.15) is 5.75 Å². The zero-order valence-corrected chi connectivity index (χ0v) is 16.1. The molecule has 27 heavy (non-hydrogen) atoms. The second kappa shape index (κ2) is 9.84. The molecule has 8 heteroatoms. The van der Waals surface area contributed by atoms with Crippen LogP contribution in [0, 0.1) is 0 Å². The van der Waals surface area contributed by atoms with Crippen LogP contribution >= 0.6 is 0 Å². The summed E-state index contributed by atoms with van der Waals surface area (Å²) >= 11 is 0. The Morgan fingerprint density at radius 1 is 1.07 bits per heavy atom. The number of amides is 1. The largest absolute Gasteiger partial charge is 0.494 e. The molecule has 2 N–H and O–H groups in total. The van der Waals surface area contributed by atoms with Gasteiger partial charge < -0.3 is 4.74 Å². The molecule has 0 aliphatic rings. The summed E-state index contributed by atoms with van der Waals surface area (Å²) in [6.45, 7) is 4.03. The van der Waals surface area contributed by atoms with Gasteiger partial charge in [0.05, 0.1) is 23.8 Å². The van der Waals surface area contributed by atoms with Gasteiger partial charge in [-0.2, -0.15) is 5.10 Å². The fourth-order valence-electron chi connectivity index (χ4n) is 2.11. The molecule has 0 heterocycles. The van der Waals surface area contributed by atoms with Crippen LogP contribution in [0.5, 0.6) is 5.75 Å². The van der Waals surface area contributed by atoms with Crippen LogP contribution < -0.4 is 14.9 Å². The summed E-state index contributed by atoms with van der Waals surface area (Å²) in [5.41, 5.74) is 3.76. The molecule has 2 aromatic carbocycles. The topological polar surface area (TPSA) is 96.9 Å². The van der Waals surface area contributed by atoms with Crippen molar-refractivity contribution in [2.24, 2.45) is 5.10 Å². The van der Waals surface area contributed by atoms with Crippen molar-refractivity contribution in [2.45, 2.75) is 25.2 Å². The molecule has 2 rings (SSSR count). The first-order valence-electron chi connectivity index (χ1n) is 8.53. The Bertz CT molecular complexity index is 879. The average Bonchev–Trinajstić information content (AvgIpc) is 2.70. The first-order chi connectivity index (χ1) is 12.9. The van der Waals surface area contributed by atoms with E-state index in [0.717, 1.165) is 17.7 Å². The van der Waals surface area contributed by atoms with E-state index in [2.05, 4.69) is 15.2 Å². The lowest BCUT2D eigenvalue weighted by molar-refractivity contribution is -0.119. The molecule has 144 valence electrons. The highest BCUT2D eigenvalue weighted by molar-refractivity contribution is 7.89. The molecule has 1 amide bonds. The van der Waals surface area contributed by atoms with E-state index in [1.165, 1.54) is 12.1 Å². The normalized spacial score (nSPS) is 11.9. The van der Waals surface area contributed by atoms with Crippen LogP contribution in [0.1, 0.15) is 25.8 Å². The number of carbonyl (C=O) groups is 1. The van der Waals surface area contributed by atoms with Crippen molar-refractivity contribution < 1.29 is 17.9 Å². The SMILES string of the molecule is CCCOc1ccc(/C(C)=N\NC(=O)CNS(=O)(=O)c2ccccc2)cc1. The van der Waals surface area contributed by atoms with Gasteiger partial charge in [0, 0.05) is 0 Å². The summed E-state index contributed by atoms with van der Waals surface area (Å²) < 4.78 is 31.9. The summed E-state index contributed by atoms with van der Waals surface area (Å²) in [5.74, 6) is 0.213. The number of sulfonamides is 1. The molecule has 0 aliphatic heterocycles. The van der Waals surface area contributed by atoms with Gasteiger partial charge in [0.25, 0.3) is 5.91 Å². The number of rotatable bonds is 9. The molecule has 0 aromatic heterocycles. The fourth-order valence-corrected chi connectivity index (χ4v) is 3.11. The van der Waals surface area contributed by atoms with Gasteiger partial charge in [0.2, 0.25) is 10.0 Å². The molecular weight excluding hydrogens is 366 g/mol. The summed E-state index contributed by atoms with van der Waals surface area (Å²) in [6.07, 6.45) is 0.933. The van der Waals surface area contributed by atoms with E-state index in [1.807, 2.05) is 31.2 Å². The summed E-state index contributed by atoms with van der Waals surface area (Å²) in [5, 5.41) is 4.00. The number of nitrogens with one attached hydrogen (secondary N) is 2. The molecule has 0 atom stereocenters. The maximum Gasteiger partial charge on any atom is 0.255 e. The number of hydrazone groups is 1. The number of benzene rings is 2. The molecule has 2 aromatic rings. The van der Waals surface area contributed by atoms with Crippen LogP contribution in [0.4, 0.5) is 0 Å². The number of carbonyl (C=O) groups excluding carboxylic acids is 1. The minimum Gasteiger partial charge on any atom is -0.494 e. The first-order valence-corrected chi connectivity index (χ1v) is 10.0.